The molecule has 2 unspecified atom stereocenters. The first-order valence-corrected chi connectivity index (χ1v) is 10.7. The van der Waals surface area contributed by atoms with Gasteiger partial charge < -0.3 is 15.3 Å². The van der Waals surface area contributed by atoms with Crippen LogP contribution >= 0.6 is 0 Å². The van der Waals surface area contributed by atoms with Crippen LogP contribution in [-0.4, -0.2) is 43.3 Å². The maximum Gasteiger partial charge on any atom is 0.317 e. The van der Waals surface area contributed by atoms with Crippen LogP contribution in [0.4, 0.5) is 0 Å². The van der Waals surface area contributed by atoms with Crippen LogP contribution in [0.1, 0.15) is 49.7 Å². The Morgan fingerprint density at radius 3 is 2.10 bits per heavy atom. The maximum absolute atomic E-state index is 13.0. The highest BCUT2D eigenvalue weighted by Crippen LogP contribution is 2.23. The smallest absolute Gasteiger partial charge is 0.317 e. The van der Waals surface area contributed by atoms with Gasteiger partial charge in [0.1, 0.15) is 0 Å². The van der Waals surface area contributed by atoms with E-state index in [4.69, 9.17) is 5.11 Å². The molecule has 0 radical (unpaired) electrons. The molecular formula is C23H32N2O5. The highest BCUT2D eigenvalue weighted by Gasteiger charge is 2.18. The molecule has 0 saturated heterocycles. The van der Waals surface area contributed by atoms with E-state index < -0.39 is 29.9 Å². The first kappa shape index (κ1) is 22.5. The Morgan fingerprint density at radius 2 is 1.50 bits per heavy atom. The fraction of sp³-hybridized carbons (Fsp3) is 0.565. The van der Waals surface area contributed by atoms with Crippen molar-refractivity contribution in [2.24, 2.45) is 0 Å². The minimum absolute atomic E-state index is 0.0789. The maximum atomic E-state index is 13.0. The number of benzene rings is 1. The predicted octanol–water partition coefficient (Wildman–Crippen LogP) is 1.77. The fourth-order valence-electron chi connectivity index (χ4n) is 4.13. The zero-order valence-electron chi connectivity index (χ0n) is 17.8. The van der Waals surface area contributed by atoms with Crippen LogP contribution < -0.4 is 11.1 Å². The van der Waals surface area contributed by atoms with Crippen LogP contribution in [0.3, 0.4) is 0 Å². The summed E-state index contributed by atoms with van der Waals surface area (Å²) in [6, 6.07) is 3.78. The summed E-state index contributed by atoms with van der Waals surface area (Å²) >= 11 is 0. The summed E-state index contributed by atoms with van der Waals surface area (Å²) in [5, 5.41) is 28.9. The van der Waals surface area contributed by atoms with Gasteiger partial charge in [0.15, 0.2) is 0 Å². The monoisotopic (exact) mass is 416 g/mol. The lowest BCUT2D eigenvalue weighted by Gasteiger charge is -2.20. The normalized spacial score (nSPS) is 16.6. The van der Waals surface area contributed by atoms with E-state index in [1.54, 1.807) is 0 Å². The molecule has 1 aliphatic carbocycles. The van der Waals surface area contributed by atoms with E-state index in [0.29, 0.717) is 17.6 Å². The first-order valence-electron chi connectivity index (χ1n) is 10.7. The van der Waals surface area contributed by atoms with Crippen molar-refractivity contribution in [3.8, 4) is 0 Å². The van der Waals surface area contributed by atoms with E-state index >= 15 is 0 Å². The van der Waals surface area contributed by atoms with Gasteiger partial charge in [0.2, 0.25) is 0 Å². The predicted molar refractivity (Wildman–Crippen MR) is 117 cm³/mol. The summed E-state index contributed by atoms with van der Waals surface area (Å²) in [5.74, 6) is 0. The highest BCUT2D eigenvalue weighted by atomic mass is 16.3. The Kier molecular flexibility index (Phi) is 7.28. The van der Waals surface area contributed by atoms with E-state index in [1.165, 1.54) is 34.0 Å². The number of allylic oxidation sites excluding steroid dienone is 2. The van der Waals surface area contributed by atoms with Gasteiger partial charge in [-0.1, -0.05) is 18.1 Å². The lowest BCUT2D eigenvalue weighted by molar-refractivity contribution is 0.0358. The van der Waals surface area contributed by atoms with E-state index in [2.05, 4.69) is 6.08 Å². The number of rotatable bonds is 7. The Morgan fingerprint density at radius 1 is 0.933 bits per heavy atom. The molecule has 3 rings (SSSR count). The molecule has 1 fully saturated rings. The number of aryl methyl sites for hydroxylation is 2. The summed E-state index contributed by atoms with van der Waals surface area (Å²) in [6.45, 7) is 3.67. The lowest BCUT2D eigenvalue weighted by Crippen LogP contribution is -2.43. The van der Waals surface area contributed by atoms with Gasteiger partial charge in [-0.05, 0) is 62.8 Å². The molecule has 1 aromatic heterocycles. The van der Waals surface area contributed by atoms with Crippen molar-refractivity contribution in [3.05, 3.63) is 55.6 Å². The van der Waals surface area contributed by atoms with Crippen molar-refractivity contribution < 1.29 is 15.3 Å². The Hall–Kier alpha value is -2.22. The van der Waals surface area contributed by atoms with Gasteiger partial charge in [0.05, 0.1) is 36.4 Å². The third-order valence-electron chi connectivity index (χ3n) is 6.05. The largest absolute Gasteiger partial charge is 0.394 e. The highest BCUT2D eigenvalue weighted by molar-refractivity contribution is 5.77. The average molecular weight is 417 g/mol. The van der Waals surface area contributed by atoms with Gasteiger partial charge in [-0.15, -0.1) is 0 Å². The molecule has 3 N–H and O–H groups in total. The number of aliphatic hydroxyl groups excluding tert-OH is 3. The molecule has 0 aliphatic heterocycles. The molecule has 164 valence electrons. The summed E-state index contributed by atoms with van der Waals surface area (Å²) in [6.07, 6.45) is 5.51. The molecular weight excluding hydrogens is 384 g/mol. The molecule has 0 spiro atoms. The average Bonchev–Trinajstić information content (AvgIpc) is 2.73. The summed E-state index contributed by atoms with van der Waals surface area (Å²) in [4.78, 5) is 25.9. The van der Waals surface area contributed by atoms with Gasteiger partial charge >= 0.3 is 11.1 Å². The summed E-state index contributed by atoms with van der Waals surface area (Å²) in [7, 11) is 0. The number of nitrogens with zero attached hydrogens (tertiary/aromatic N) is 2. The van der Waals surface area contributed by atoms with Crippen LogP contribution in [-0.2, 0) is 13.1 Å². The molecule has 7 heteroatoms. The molecule has 0 amide bonds. The van der Waals surface area contributed by atoms with Gasteiger partial charge in [-0.2, -0.15) is 0 Å². The van der Waals surface area contributed by atoms with E-state index in [1.807, 2.05) is 26.0 Å². The first-order chi connectivity index (χ1) is 14.3. The lowest BCUT2D eigenvalue weighted by atomic mass is 9.95. The SMILES string of the molecule is Cc1cc2c(cc1C)n(CC(O)CC(O)CO)c(=O)c(=O)n2CC=C1CCCCC1. The number of hydrogen-bond acceptors (Lipinski definition) is 5. The van der Waals surface area contributed by atoms with Crippen molar-refractivity contribution in [3.63, 3.8) is 0 Å². The number of aromatic nitrogens is 2. The number of fused-ring (bicyclic) bond motifs is 1. The standard InChI is InChI=1S/C23H32N2O5/c1-15-10-20-21(11-16(15)2)25(13-18(27)12-19(28)14-26)23(30)22(29)24(20)9-8-17-6-4-3-5-7-17/h8,10-11,18-19,26-28H,3-7,9,12-14H2,1-2H3. The van der Waals surface area contributed by atoms with E-state index in [0.717, 1.165) is 24.0 Å². The van der Waals surface area contributed by atoms with Crippen LogP contribution in [0.2, 0.25) is 0 Å². The molecule has 7 nitrogen and oxygen atoms in total. The second kappa shape index (κ2) is 9.73. The minimum atomic E-state index is -1.08. The van der Waals surface area contributed by atoms with Crippen LogP contribution in [0, 0.1) is 13.8 Å². The zero-order valence-corrected chi connectivity index (χ0v) is 17.8. The Labute approximate surface area is 175 Å². The molecule has 2 aromatic rings. The molecule has 0 bridgehead atoms. The molecule has 30 heavy (non-hydrogen) atoms. The quantitative estimate of drug-likeness (QED) is 0.471. The van der Waals surface area contributed by atoms with Crippen molar-refractivity contribution in [2.75, 3.05) is 6.61 Å². The van der Waals surface area contributed by atoms with Gasteiger partial charge in [0, 0.05) is 13.0 Å². The summed E-state index contributed by atoms with van der Waals surface area (Å²) in [5.41, 5.74) is 3.27. The third-order valence-corrected chi connectivity index (χ3v) is 6.05. The fourth-order valence-corrected chi connectivity index (χ4v) is 4.13. The van der Waals surface area contributed by atoms with Gasteiger partial charge in [-0.25, -0.2) is 0 Å². The molecule has 1 saturated carbocycles. The zero-order chi connectivity index (χ0) is 21.8. The summed E-state index contributed by atoms with van der Waals surface area (Å²) < 4.78 is 2.82. The van der Waals surface area contributed by atoms with Crippen LogP contribution in [0.15, 0.2) is 33.4 Å². The topological polar surface area (TPSA) is 105 Å². The van der Waals surface area contributed by atoms with Crippen molar-refractivity contribution >= 4 is 11.0 Å². The molecule has 1 aliphatic rings. The molecule has 1 aromatic carbocycles. The Bertz CT molecular complexity index is 1040. The third kappa shape index (κ3) is 4.91. The van der Waals surface area contributed by atoms with Crippen LogP contribution in [0.25, 0.3) is 11.0 Å². The number of hydrogen-bond donors (Lipinski definition) is 3. The Balaban J connectivity index is 2.08. The van der Waals surface area contributed by atoms with Crippen LogP contribution in [0.5, 0.6) is 0 Å². The van der Waals surface area contributed by atoms with E-state index in [-0.39, 0.29) is 13.0 Å². The van der Waals surface area contributed by atoms with E-state index in [9.17, 15) is 19.8 Å². The second-order valence-electron chi connectivity index (χ2n) is 8.41. The molecule has 2 atom stereocenters. The second-order valence-corrected chi connectivity index (χ2v) is 8.41. The number of aliphatic hydroxyl groups is 3. The molecule has 1 heterocycles. The minimum Gasteiger partial charge on any atom is -0.394 e. The van der Waals surface area contributed by atoms with Crippen molar-refractivity contribution in [1.82, 2.24) is 9.13 Å². The van der Waals surface area contributed by atoms with Gasteiger partial charge in [-0.3, -0.25) is 18.7 Å². The van der Waals surface area contributed by atoms with Crippen molar-refractivity contribution in [1.29, 1.82) is 0 Å². The van der Waals surface area contributed by atoms with Gasteiger partial charge in [0.25, 0.3) is 0 Å². The van der Waals surface area contributed by atoms with Crippen molar-refractivity contribution in [2.45, 2.75) is 77.7 Å².